The molecule has 184 valence electrons. The van der Waals surface area contributed by atoms with Crippen molar-refractivity contribution in [2.45, 2.75) is 52.4 Å². The third kappa shape index (κ3) is 13.3. The van der Waals surface area contributed by atoms with Crippen LogP contribution in [0.25, 0.3) is 0 Å². The molecule has 2 rings (SSSR count). The number of rotatable bonds is 6. The molecule has 0 spiro atoms. The van der Waals surface area contributed by atoms with Crippen LogP contribution in [0, 0.1) is 23.7 Å². The molecule has 0 radical (unpaired) electrons. The lowest BCUT2D eigenvalue weighted by Crippen LogP contribution is -2.40. The fourth-order valence-electron chi connectivity index (χ4n) is 2.65. The average molecular weight is 479 g/mol. The highest BCUT2D eigenvalue weighted by atomic mass is 19.1. The van der Waals surface area contributed by atoms with Gasteiger partial charge >= 0.3 is 5.97 Å². The summed E-state index contributed by atoms with van der Waals surface area (Å²) in [7, 11) is 0. The molecule has 0 aliphatic rings. The average Bonchev–Trinajstić information content (AvgIpc) is 2.83. The Balaban J connectivity index is 0.000000355. The fourth-order valence-corrected chi connectivity index (χ4v) is 2.65. The van der Waals surface area contributed by atoms with Crippen LogP contribution in [0.5, 0.6) is 0 Å². The second kappa shape index (κ2) is 16.5. The van der Waals surface area contributed by atoms with Gasteiger partial charge in [0, 0.05) is 31.4 Å². The number of amides is 2. The van der Waals surface area contributed by atoms with Gasteiger partial charge in [-0.2, -0.15) is 0 Å². The fraction of sp³-hybridized carbons (Fsp3) is 0.321. The molecule has 35 heavy (non-hydrogen) atoms. The van der Waals surface area contributed by atoms with Crippen LogP contribution in [-0.4, -0.2) is 42.6 Å². The molecule has 0 saturated carbocycles. The molecule has 2 amide bonds. The standard InChI is InChI=1S/C15H17NO3.C13H14FNO/c1-3-19-15(18)14(16-12(2)17)11-7-10-13-8-5-4-6-9-13;1-10(15-11(2)16)13(14)9-8-12-6-4-3-5-7-12/h4-6,8-9,14H,3,11H2,1-2H3,(H,16,17);3-7,10,13H,1-2H3,(H,15,16)/t14-;10-,13+/m11/s1. The van der Waals surface area contributed by atoms with Gasteiger partial charge in [-0.15, -0.1) is 0 Å². The smallest absolute Gasteiger partial charge is 0.329 e. The van der Waals surface area contributed by atoms with E-state index in [-0.39, 0.29) is 24.8 Å². The van der Waals surface area contributed by atoms with Crippen LogP contribution in [0.15, 0.2) is 60.7 Å². The molecule has 0 aliphatic heterocycles. The van der Waals surface area contributed by atoms with E-state index in [2.05, 4.69) is 34.3 Å². The Morgan fingerprint density at radius 2 is 1.40 bits per heavy atom. The Labute approximate surface area is 206 Å². The normalized spacial score (nSPS) is 11.9. The topological polar surface area (TPSA) is 84.5 Å². The summed E-state index contributed by atoms with van der Waals surface area (Å²) in [5.74, 6) is 10.0. The number of halogens is 1. The van der Waals surface area contributed by atoms with Crippen molar-refractivity contribution in [1.82, 2.24) is 10.6 Å². The van der Waals surface area contributed by atoms with E-state index in [1.54, 1.807) is 13.8 Å². The van der Waals surface area contributed by atoms with Gasteiger partial charge in [0.05, 0.1) is 12.6 Å². The summed E-state index contributed by atoms with van der Waals surface area (Å²) in [6.07, 6.45) is -1.13. The molecule has 0 heterocycles. The third-order valence-corrected chi connectivity index (χ3v) is 4.26. The highest BCUT2D eigenvalue weighted by molar-refractivity contribution is 5.83. The van der Waals surface area contributed by atoms with E-state index in [0.29, 0.717) is 0 Å². The molecule has 0 fully saturated rings. The van der Waals surface area contributed by atoms with Gasteiger partial charge in [-0.05, 0) is 38.1 Å². The van der Waals surface area contributed by atoms with E-state index in [4.69, 9.17) is 4.74 Å². The van der Waals surface area contributed by atoms with Crippen LogP contribution in [-0.2, 0) is 19.1 Å². The predicted molar refractivity (Wildman–Crippen MR) is 134 cm³/mol. The lowest BCUT2D eigenvalue weighted by atomic mass is 10.2. The zero-order valence-electron chi connectivity index (χ0n) is 20.4. The molecule has 2 aromatic rings. The van der Waals surface area contributed by atoms with Crippen LogP contribution in [0.1, 0.15) is 45.2 Å². The van der Waals surface area contributed by atoms with E-state index in [0.717, 1.165) is 11.1 Å². The first-order valence-electron chi connectivity index (χ1n) is 11.2. The van der Waals surface area contributed by atoms with Crippen molar-refractivity contribution in [3.63, 3.8) is 0 Å². The number of alkyl halides is 1. The van der Waals surface area contributed by atoms with Crippen molar-refractivity contribution in [2.24, 2.45) is 0 Å². The second-order valence-electron chi connectivity index (χ2n) is 7.40. The number of esters is 1. The van der Waals surface area contributed by atoms with E-state index < -0.39 is 24.2 Å². The summed E-state index contributed by atoms with van der Waals surface area (Å²) in [4.78, 5) is 33.4. The molecule has 0 unspecified atom stereocenters. The molecule has 6 nitrogen and oxygen atoms in total. The molecule has 3 atom stereocenters. The first kappa shape index (κ1) is 28.9. The molecular weight excluding hydrogens is 447 g/mol. The Hall–Kier alpha value is -4.10. The molecular formula is C28H31FN2O4. The van der Waals surface area contributed by atoms with Gasteiger partial charge in [0.25, 0.3) is 0 Å². The third-order valence-electron chi connectivity index (χ3n) is 4.26. The van der Waals surface area contributed by atoms with E-state index in [1.807, 2.05) is 60.7 Å². The van der Waals surface area contributed by atoms with E-state index in [9.17, 15) is 18.8 Å². The van der Waals surface area contributed by atoms with Gasteiger partial charge in [-0.25, -0.2) is 9.18 Å². The molecule has 2 aromatic carbocycles. The number of carbonyl (C=O) groups is 3. The number of hydrogen-bond acceptors (Lipinski definition) is 4. The second-order valence-corrected chi connectivity index (χ2v) is 7.40. The van der Waals surface area contributed by atoms with Gasteiger partial charge < -0.3 is 15.4 Å². The Bertz CT molecular complexity index is 1070. The number of carbonyl (C=O) groups excluding carboxylic acids is 3. The number of hydrogen-bond donors (Lipinski definition) is 2. The van der Waals surface area contributed by atoms with Crippen molar-refractivity contribution in [3.8, 4) is 23.7 Å². The Morgan fingerprint density at radius 1 is 0.886 bits per heavy atom. The van der Waals surface area contributed by atoms with E-state index in [1.165, 1.54) is 13.8 Å². The zero-order valence-corrected chi connectivity index (χ0v) is 20.4. The first-order valence-corrected chi connectivity index (χ1v) is 11.2. The molecule has 0 aromatic heterocycles. The maximum atomic E-state index is 13.5. The van der Waals surface area contributed by atoms with Crippen molar-refractivity contribution >= 4 is 17.8 Å². The minimum atomic E-state index is -1.36. The molecule has 0 aliphatic carbocycles. The minimum absolute atomic E-state index is 0.229. The largest absolute Gasteiger partial charge is 0.464 e. The summed E-state index contributed by atoms with van der Waals surface area (Å²) in [6, 6.07) is 17.3. The van der Waals surface area contributed by atoms with Crippen LogP contribution in [0.2, 0.25) is 0 Å². The Kier molecular flexibility index (Phi) is 13.6. The monoisotopic (exact) mass is 478 g/mol. The first-order chi connectivity index (χ1) is 16.7. The van der Waals surface area contributed by atoms with Gasteiger partial charge in [0.1, 0.15) is 6.04 Å². The maximum absolute atomic E-state index is 13.5. The summed E-state index contributed by atoms with van der Waals surface area (Å²) in [5.41, 5.74) is 1.63. The van der Waals surface area contributed by atoms with Gasteiger partial charge in [0.15, 0.2) is 6.17 Å². The van der Waals surface area contributed by atoms with Crippen molar-refractivity contribution < 1.29 is 23.5 Å². The SMILES string of the molecule is CC(=O)N[C@H](C)[C@@H](F)C#Cc1ccccc1.CCOC(=O)[C@@H](CC#Cc1ccccc1)NC(C)=O. The van der Waals surface area contributed by atoms with Crippen molar-refractivity contribution in [1.29, 1.82) is 0 Å². The van der Waals surface area contributed by atoms with Gasteiger partial charge in [0.2, 0.25) is 11.8 Å². The summed E-state index contributed by atoms with van der Waals surface area (Å²) in [6.45, 7) is 6.30. The van der Waals surface area contributed by atoms with Crippen molar-refractivity contribution in [2.75, 3.05) is 6.61 Å². The van der Waals surface area contributed by atoms with Crippen LogP contribution in [0.4, 0.5) is 4.39 Å². The highest BCUT2D eigenvalue weighted by Gasteiger charge is 2.19. The molecule has 7 heteroatoms. The minimum Gasteiger partial charge on any atom is -0.464 e. The van der Waals surface area contributed by atoms with Crippen LogP contribution >= 0.6 is 0 Å². The lowest BCUT2D eigenvalue weighted by molar-refractivity contribution is -0.147. The number of benzene rings is 2. The Morgan fingerprint density at radius 3 is 1.89 bits per heavy atom. The van der Waals surface area contributed by atoms with Crippen LogP contribution in [0.3, 0.4) is 0 Å². The maximum Gasteiger partial charge on any atom is 0.329 e. The summed E-state index contributed by atoms with van der Waals surface area (Å²) in [5, 5.41) is 5.00. The van der Waals surface area contributed by atoms with Gasteiger partial charge in [-0.3, -0.25) is 9.59 Å². The van der Waals surface area contributed by atoms with Crippen molar-refractivity contribution in [3.05, 3.63) is 71.8 Å². The lowest BCUT2D eigenvalue weighted by Gasteiger charge is -2.13. The zero-order chi connectivity index (χ0) is 26.1. The quantitative estimate of drug-likeness (QED) is 0.492. The highest BCUT2D eigenvalue weighted by Crippen LogP contribution is 2.00. The predicted octanol–water partition coefficient (Wildman–Crippen LogP) is 3.40. The summed E-state index contributed by atoms with van der Waals surface area (Å²) >= 11 is 0. The number of ether oxygens (including phenoxy) is 1. The summed E-state index contributed by atoms with van der Waals surface area (Å²) < 4.78 is 18.3. The van der Waals surface area contributed by atoms with Gasteiger partial charge in [-0.1, -0.05) is 60.1 Å². The van der Waals surface area contributed by atoms with Crippen LogP contribution < -0.4 is 10.6 Å². The molecule has 0 saturated heterocycles. The number of nitrogens with one attached hydrogen (secondary N) is 2. The molecule has 0 bridgehead atoms. The molecule has 2 N–H and O–H groups in total. The van der Waals surface area contributed by atoms with E-state index >= 15 is 0 Å².